The van der Waals surface area contributed by atoms with E-state index in [0.29, 0.717) is 17.5 Å². The van der Waals surface area contributed by atoms with Gasteiger partial charge in [0, 0.05) is 11.1 Å². The van der Waals surface area contributed by atoms with Gasteiger partial charge in [-0.1, -0.05) is 36.4 Å². The molecule has 2 aromatic rings. The van der Waals surface area contributed by atoms with Gasteiger partial charge in [-0.15, -0.1) is 0 Å². The van der Waals surface area contributed by atoms with E-state index in [9.17, 15) is 9.59 Å². The molecule has 0 radical (unpaired) electrons. The van der Waals surface area contributed by atoms with Crippen LogP contribution in [-0.2, 0) is 6.42 Å². The molecule has 3 heteroatoms. The number of fused-ring (bicyclic) bond motifs is 1. The predicted octanol–water partition coefficient (Wildman–Crippen LogP) is 2.93. The van der Waals surface area contributed by atoms with Gasteiger partial charge >= 0.3 is 0 Å². The lowest BCUT2D eigenvalue weighted by molar-refractivity contribution is 0.0838. The standard InChI is InChI=1S/C17H14O3/c1-20-12-6-4-5-11(9-12)10-15-16(18)13-7-2-3-8-14(13)17(15)19/h2-9,15H,10H2,1H3. The Morgan fingerprint density at radius 3 is 2.20 bits per heavy atom. The molecule has 0 aromatic heterocycles. The van der Waals surface area contributed by atoms with E-state index in [1.165, 1.54) is 0 Å². The van der Waals surface area contributed by atoms with Crippen molar-refractivity contribution in [1.82, 2.24) is 0 Å². The average Bonchev–Trinajstić information content (AvgIpc) is 2.73. The molecule has 0 saturated carbocycles. The van der Waals surface area contributed by atoms with Crippen LogP contribution in [-0.4, -0.2) is 18.7 Å². The maximum absolute atomic E-state index is 12.3. The van der Waals surface area contributed by atoms with Crippen LogP contribution in [0.2, 0.25) is 0 Å². The third-order valence-corrected chi connectivity index (χ3v) is 3.66. The van der Waals surface area contributed by atoms with Gasteiger partial charge in [0.2, 0.25) is 0 Å². The summed E-state index contributed by atoms with van der Waals surface area (Å²) in [6, 6.07) is 14.5. The maximum atomic E-state index is 12.3. The van der Waals surface area contributed by atoms with E-state index >= 15 is 0 Å². The molecule has 2 aromatic carbocycles. The third-order valence-electron chi connectivity index (χ3n) is 3.66. The first kappa shape index (κ1) is 12.6. The second kappa shape index (κ2) is 4.93. The molecule has 0 saturated heterocycles. The summed E-state index contributed by atoms with van der Waals surface area (Å²) in [5.74, 6) is -0.0146. The Labute approximate surface area is 117 Å². The van der Waals surface area contributed by atoms with Crippen LogP contribution < -0.4 is 4.74 Å². The van der Waals surface area contributed by atoms with Gasteiger partial charge in [-0.2, -0.15) is 0 Å². The van der Waals surface area contributed by atoms with Crippen molar-refractivity contribution < 1.29 is 14.3 Å². The molecule has 3 nitrogen and oxygen atoms in total. The van der Waals surface area contributed by atoms with Crippen molar-refractivity contribution in [2.45, 2.75) is 6.42 Å². The van der Waals surface area contributed by atoms with Gasteiger partial charge in [-0.05, 0) is 24.1 Å². The molecule has 0 N–H and O–H groups in total. The van der Waals surface area contributed by atoms with Crippen molar-refractivity contribution in [2.24, 2.45) is 5.92 Å². The number of Topliss-reactive ketones (excluding diaryl/α,β-unsaturated/α-hetero) is 2. The molecule has 1 aliphatic carbocycles. The minimum Gasteiger partial charge on any atom is -0.497 e. The fourth-order valence-electron chi connectivity index (χ4n) is 2.63. The molecule has 0 amide bonds. The summed E-state index contributed by atoms with van der Waals surface area (Å²) in [5, 5.41) is 0. The predicted molar refractivity (Wildman–Crippen MR) is 75.3 cm³/mol. The number of carbonyl (C=O) groups excluding carboxylic acids is 2. The van der Waals surface area contributed by atoms with Gasteiger partial charge in [0.15, 0.2) is 11.6 Å². The molecular formula is C17H14O3. The van der Waals surface area contributed by atoms with Gasteiger partial charge in [-0.3, -0.25) is 9.59 Å². The molecule has 0 bridgehead atoms. The Balaban J connectivity index is 1.89. The fraction of sp³-hybridized carbons (Fsp3) is 0.176. The zero-order valence-electron chi connectivity index (χ0n) is 11.1. The van der Waals surface area contributed by atoms with Gasteiger partial charge < -0.3 is 4.74 Å². The zero-order chi connectivity index (χ0) is 14.1. The number of benzene rings is 2. The molecule has 3 rings (SSSR count). The number of hydrogen-bond donors (Lipinski definition) is 0. The van der Waals surface area contributed by atoms with Crippen LogP contribution in [0, 0.1) is 5.92 Å². The van der Waals surface area contributed by atoms with Gasteiger partial charge in [0.05, 0.1) is 13.0 Å². The number of ether oxygens (including phenoxy) is 1. The number of rotatable bonds is 3. The van der Waals surface area contributed by atoms with Crippen molar-refractivity contribution in [3.8, 4) is 5.75 Å². The molecule has 0 heterocycles. The second-order valence-electron chi connectivity index (χ2n) is 4.88. The Kier molecular flexibility index (Phi) is 3.11. The lowest BCUT2D eigenvalue weighted by Gasteiger charge is -2.08. The maximum Gasteiger partial charge on any atom is 0.174 e. The molecule has 0 unspecified atom stereocenters. The van der Waals surface area contributed by atoms with E-state index in [-0.39, 0.29) is 11.6 Å². The van der Waals surface area contributed by atoms with E-state index in [0.717, 1.165) is 11.3 Å². The Morgan fingerprint density at radius 2 is 1.60 bits per heavy atom. The summed E-state index contributed by atoms with van der Waals surface area (Å²) in [7, 11) is 1.60. The highest BCUT2D eigenvalue weighted by atomic mass is 16.5. The van der Waals surface area contributed by atoms with Crippen LogP contribution in [0.1, 0.15) is 26.3 Å². The summed E-state index contributed by atoms with van der Waals surface area (Å²) in [6.07, 6.45) is 0.420. The minimum absolute atomic E-state index is 0.0755. The van der Waals surface area contributed by atoms with Crippen molar-refractivity contribution in [1.29, 1.82) is 0 Å². The minimum atomic E-state index is -0.598. The van der Waals surface area contributed by atoms with Crippen molar-refractivity contribution in [3.05, 3.63) is 65.2 Å². The molecule has 20 heavy (non-hydrogen) atoms. The topological polar surface area (TPSA) is 43.4 Å². The van der Waals surface area contributed by atoms with Gasteiger partial charge in [-0.25, -0.2) is 0 Å². The summed E-state index contributed by atoms with van der Waals surface area (Å²) in [5.41, 5.74) is 2.03. The second-order valence-corrected chi connectivity index (χ2v) is 4.88. The van der Waals surface area contributed by atoms with Crippen LogP contribution in [0.15, 0.2) is 48.5 Å². The van der Waals surface area contributed by atoms with E-state index in [4.69, 9.17) is 4.74 Å². The third kappa shape index (κ3) is 2.01. The van der Waals surface area contributed by atoms with Crippen LogP contribution in [0.4, 0.5) is 0 Å². The summed E-state index contributed by atoms with van der Waals surface area (Å²) in [4.78, 5) is 24.6. The lowest BCUT2D eigenvalue weighted by Crippen LogP contribution is -2.17. The lowest BCUT2D eigenvalue weighted by atomic mass is 9.95. The molecule has 0 spiro atoms. The van der Waals surface area contributed by atoms with Crippen LogP contribution in [0.25, 0.3) is 0 Å². The molecule has 1 aliphatic rings. The van der Waals surface area contributed by atoms with Gasteiger partial charge in [0.1, 0.15) is 5.75 Å². The van der Waals surface area contributed by atoms with Crippen LogP contribution in [0.5, 0.6) is 5.75 Å². The molecule has 0 aliphatic heterocycles. The van der Waals surface area contributed by atoms with Gasteiger partial charge in [0.25, 0.3) is 0 Å². The molecule has 0 atom stereocenters. The van der Waals surface area contributed by atoms with Crippen molar-refractivity contribution >= 4 is 11.6 Å². The highest BCUT2D eigenvalue weighted by Gasteiger charge is 2.37. The summed E-state index contributed by atoms with van der Waals surface area (Å²) < 4.78 is 5.16. The van der Waals surface area contributed by atoms with E-state index < -0.39 is 5.92 Å². The smallest absolute Gasteiger partial charge is 0.174 e. The highest BCUT2D eigenvalue weighted by Crippen LogP contribution is 2.29. The normalized spacial score (nSPS) is 14.4. The molecule has 100 valence electrons. The first-order valence-corrected chi connectivity index (χ1v) is 6.51. The van der Waals surface area contributed by atoms with Crippen LogP contribution in [0.3, 0.4) is 0 Å². The van der Waals surface area contributed by atoms with Crippen LogP contribution >= 0.6 is 0 Å². The highest BCUT2D eigenvalue weighted by molar-refractivity contribution is 6.26. The first-order valence-electron chi connectivity index (χ1n) is 6.51. The summed E-state index contributed by atoms with van der Waals surface area (Å²) in [6.45, 7) is 0. The monoisotopic (exact) mass is 266 g/mol. The Bertz CT molecular complexity index is 653. The number of carbonyl (C=O) groups is 2. The number of ketones is 2. The Morgan fingerprint density at radius 1 is 0.950 bits per heavy atom. The van der Waals surface area contributed by atoms with Crippen molar-refractivity contribution in [2.75, 3.05) is 7.11 Å². The number of methoxy groups -OCH3 is 1. The molecular weight excluding hydrogens is 252 g/mol. The van der Waals surface area contributed by atoms with E-state index in [1.807, 2.05) is 24.3 Å². The van der Waals surface area contributed by atoms with E-state index in [2.05, 4.69) is 0 Å². The van der Waals surface area contributed by atoms with Crippen molar-refractivity contribution in [3.63, 3.8) is 0 Å². The summed E-state index contributed by atoms with van der Waals surface area (Å²) >= 11 is 0. The number of hydrogen-bond acceptors (Lipinski definition) is 3. The SMILES string of the molecule is COc1cccc(CC2C(=O)c3ccccc3C2=O)c1. The zero-order valence-corrected chi connectivity index (χ0v) is 11.1. The molecule has 0 fully saturated rings. The average molecular weight is 266 g/mol. The van der Waals surface area contributed by atoms with E-state index in [1.54, 1.807) is 31.4 Å². The quantitative estimate of drug-likeness (QED) is 0.802. The fourth-order valence-corrected chi connectivity index (χ4v) is 2.63. The Hall–Kier alpha value is -2.42. The first-order chi connectivity index (χ1) is 9.70. The largest absolute Gasteiger partial charge is 0.497 e.